The van der Waals surface area contributed by atoms with Crippen LogP contribution in [0.4, 0.5) is 5.82 Å². The third-order valence-corrected chi connectivity index (χ3v) is 3.10. The Morgan fingerprint density at radius 1 is 1.48 bits per heavy atom. The Hall–Kier alpha value is -3.16. The second kappa shape index (κ2) is 4.44. The quantitative estimate of drug-likeness (QED) is 0.511. The second-order valence-electron chi connectivity index (χ2n) is 4.41. The van der Waals surface area contributed by atoms with Gasteiger partial charge in [0, 0.05) is 6.07 Å². The molecule has 21 heavy (non-hydrogen) atoms. The number of phenolic OH excluding ortho intramolecular Hbond substituents is 1. The number of Topliss-reactive ketones (excluding diaryl/α,β-unsaturated/α-hetero) is 1. The van der Waals surface area contributed by atoms with E-state index in [4.69, 9.17) is 4.74 Å². The average molecular weight is 287 g/mol. The number of allylic oxidation sites excluding steroid dienone is 1. The number of ketones is 1. The van der Waals surface area contributed by atoms with Gasteiger partial charge in [-0.2, -0.15) is 0 Å². The molecular formula is C13H9N3O5. The van der Waals surface area contributed by atoms with Gasteiger partial charge < -0.3 is 20.0 Å². The molecule has 0 saturated heterocycles. The Morgan fingerprint density at radius 2 is 2.24 bits per heavy atom. The van der Waals surface area contributed by atoms with Crippen molar-refractivity contribution in [2.45, 2.75) is 0 Å². The van der Waals surface area contributed by atoms with Crippen molar-refractivity contribution in [3.05, 3.63) is 51.7 Å². The van der Waals surface area contributed by atoms with Gasteiger partial charge >= 0.3 is 5.82 Å². The highest BCUT2D eigenvalue weighted by Crippen LogP contribution is 2.34. The summed E-state index contributed by atoms with van der Waals surface area (Å²) in [7, 11) is 1.47. The van der Waals surface area contributed by atoms with Crippen LogP contribution in [0.2, 0.25) is 0 Å². The molecule has 106 valence electrons. The summed E-state index contributed by atoms with van der Waals surface area (Å²) in [6.07, 6.45) is 2.43. The molecule has 0 spiro atoms. The summed E-state index contributed by atoms with van der Waals surface area (Å²) >= 11 is 0. The summed E-state index contributed by atoms with van der Waals surface area (Å²) in [6.45, 7) is 0. The molecular weight excluding hydrogens is 278 g/mol. The second-order valence-corrected chi connectivity index (χ2v) is 4.41. The zero-order valence-corrected chi connectivity index (χ0v) is 10.8. The first-order chi connectivity index (χ1) is 9.97. The van der Waals surface area contributed by atoms with Gasteiger partial charge in [-0.15, -0.1) is 0 Å². The number of hydrogen-bond donors (Lipinski definition) is 1. The number of rotatable bonds is 2. The van der Waals surface area contributed by atoms with E-state index in [0.717, 1.165) is 6.20 Å². The minimum absolute atomic E-state index is 0.000743. The van der Waals surface area contributed by atoms with Crippen LogP contribution in [0.1, 0.15) is 16.2 Å². The average Bonchev–Trinajstić information content (AvgIpc) is 2.92. The topological polar surface area (TPSA) is 107 Å². The van der Waals surface area contributed by atoms with E-state index in [9.17, 15) is 20.0 Å². The standard InChI is InChI=1S/C13H9N3O5/c1-15-11(14-6-12(15)16(19)20)5-10-13(18)8-3-2-7(17)4-9(8)21-10/h2-6,17H,1H3/b10-5-. The highest BCUT2D eigenvalue weighted by Gasteiger charge is 2.29. The Labute approximate surface area is 118 Å². The zero-order chi connectivity index (χ0) is 15.1. The van der Waals surface area contributed by atoms with Crippen molar-refractivity contribution in [2.75, 3.05) is 0 Å². The van der Waals surface area contributed by atoms with Gasteiger partial charge in [-0.1, -0.05) is 0 Å². The summed E-state index contributed by atoms with van der Waals surface area (Å²) in [5.74, 6) is -0.107. The van der Waals surface area contributed by atoms with Crippen LogP contribution in [-0.2, 0) is 7.05 Å². The van der Waals surface area contributed by atoms with Crippen LogP contribution in [0.25, 0.3) is 6.08 Å². The molecule has 1 aliphatic rings. The van der Waals surface area contributed by atoms with E-state index in [1.807, 2.05) is 0 Å². The highest BCUT2D eigenvalue weighted by atomic mass is 16.6. The van der Waals surface area contributed by atoms with Crippen LogP contribution in [0.5, 0.6) is 11.5 Å². The normalized spacial score (nSPS) is 15.1. The maximum atomic E-state index is 12.1. The van der Waals surface area contributed by atoms with Crippen molar-refractivity contribution in [3.63, 3.8) is 0 Å². The molecule has 0 bridgehead atoms. The molecule has 0 radical (unpaired) electrons. The number of nitrogens with zero attached hydrogens (tertiary/aromatic N) is 3. The van der Waals surface area contributed by atoms with E-state index in [2.05, 4.69) is 4.98 Å². The summed E-state index contributed by atoms with van der Waals surface area (Å²) in [5, 5.41) is 20.1. The SMILES string of the molecule is Cn1c([N+](=O)[O-])cnc1/C=C1\Oc2cc(O)ccc2C1=O. The number of carbonyl (C=O) groups excluding carboxylic acids is 1. The lowest BCUT2D eigenvalue weighted by molar-refractivity contribution is -0.391. The molecule has 3 rings (SSSR count). The first kappa shape index (κ1) is 12.9. The van der Waals surface area contributed by atoms with Gasteiger partial charge in [0.1, 0.15) is 17.7 Å². The van der Waals surface area contributed by atoms with E-state index in [1.165, 1.54) is 35.9 Å². The number of aromatic hydroxyl groups is 1. The molecule has 8 heteroatoms. The number of imidazole rings is 1. The molecule has 1 aromatic heterocycles. The summed E-state index contributed by atoms with van der Waals surface area (Å²) in [4.78, 5) is 26.2. The number of carbonyl (C=O) groups is 1. The van der Waals surface area contributed by atoms with Gasteiger partial charge in [-0.25, -0.2) is 9.55 Å². The van der Waals surface area contributed by atoms with Crippen molar-refractivity contribution >= 4 is 17.7 Å². The lowest BCUT2D eigenvalue weighted by Crippen LogP contribution is -2.02. The summed E-state index contributed by atoms with van der Waals surface area (Å²) < 4.78 is 6.60. The fourth-order valence-corrected chi connectivity index (χ4v) is 2.01. The number of aromatic nitrogens is 2. The molecule has 0 atom stereocenters. The van der Waals surface area contributed by atoms with Crippen molar-refractivity contribution < 1.29 is 19.6 Å². The Morgan fingerprint density at radius 3 is 2.90 bits per heavy atom. The fourth-order valence-electron chi connectivity index (χ4n) is 2.01. The number of phenols is 1. The first-order valence-corrected chi connectivity index (χ1v) is 5.91. The predicted octanol–water partition coefficient (Wildman–Crippen LogP) is 1.65. The first-order valence-electron chi connectivity index (χ1n) is 5.91. The third-order valence-electron chi connectivity index (χ3n) is 3.10. The minimum atomic E-state index is -0.570. The van der Waals surface area contributed by atoms with Gasteiger partial charge in [0.05, 0.1) is 18.7 Å². The predicted molar refractivity (Wildman–Crippen MR) is 70.9 cm³/mol. The Balaban J connectivity index is 2.00. The Bertz CT molecular complexity index is 806. The lowest BCUT2D eigenvalue weighted by Gasteiger charge is -1.98. The largest absolute Gasteiger partial charge is 0.508 e. The molecule has 2 aromatic rings. The number of hydrogen-bond acceptors (Lipinski definition) is 6. The van der Waals surface area contributed by atoms with Crippen molar-refractivity contribution in [1.29, 1.82) is 0 Å². The molecule has 1 N–H and O–H groups in total. The van der Waals surface area contributed by atoms with E-state index in [1.54, 1.807) is 0 Å². The van der Waals surface area contributed by atoms with E-state index < -0.39 is 4.92 Å². The molecule has 0 aliphatic carbocycles. The van der Waals surface area contributed by atoms with Crippen molar-refractivity contribution in [3.8, 4) is 11.5 Å². The maximum Gasteiger partial charge on any atom is 0.342 e. The molecule has 1 aromatic carbocycles. The van der Waals surface area contributed by atoms with E-state index in [0.29, 0.717) is 5.56 Å². The van der Waals surface area contributed by atoms with Crippen LogP contribution < -0.4 is 4.74 Å². The lowest BCUT2D eigenvalue weighted by atomic mass is 10.1. The van der Waals surface area contributed by atoms with Gasteiger partial charge in [0.2, 0.25) is 11.6 Å². The van der Waals surface area contributed by atoms with Gasteiger partial charge in [0.25, 0.3) is 0 Å². The van der Waals surface area contributed by atoms with Gasteiger partial charge in [-0.3, -0.25) is 4.79 Å². The Kier molecular flexibility index (Phi) is 2.72. The van der Waals surface area contributed by atoms with E-state index in [-0.39, 0.29) is 34.7 Å². The van der Waals surface area contributed by atoms with Crippen LogP contribution in [0.15, 0.2) is 30.2 Å². The molecule has 2 heterocycles. The van der Waals surface area contributed by atoms with Crippen LogP contribution in [0.3, 0.4) is 0 Å². The molecule has 0 saturated carbocycles. The monoisotopic (exact) mass is 287 g/mol. The smallest absolute Gasteiger partial charge is 0.342 e. The summed E-state index contributed by atoms with van der Waals surface area (Å²) in [6, 6.07) is 4.16. The molecule has 1 aliphatic heterocycles. The minimum Gasteiger partial charge on any atom is -0.508 e. The molecule has 0 amide bonds. The number of benzene rings is 1. The van der Waals surface area contributed by atoms with Crippen LogP contribution >= 0.6 is 0 Å². The fraction of sp³-hybridized carbons (Fsp3) is 0.0769. The zero-order valence-electron chi connectivity index (χ0n) is 10.8. The summed E-state index contributed by atoms with van der Waals surface area (Å²) in [5.41, 5.74) is 0.322. The van der Waals surface area contributed by atoms with Crippen molar-refractivity contribution in [1.82, 2.24) is 9.55 Å². The van der Waals surface area contributed by atoms with Crippen LogP contribution in [-0.4, -0.2) is 25.4 Å². The maximum absolute atomic E-state index is 12.1. The highest BCUT2D eigenvalue weighted by molar-refractivity contribution is 6.14. The number of ether oxygens (including phenoxy) is 1. The number of fused-ring (bicyclic) bond motifs is 1. The van der Waals surface area contributed by atoms with Crippen LogP contribution in [0, 0.1) is 10.1 Å². The molecule has 8 nitrogen and oxygen atoms in total. The van der Waals surface area contributed by atoms with Gasteiger partial charge in [0.15, 0.2) is 5.76 Å². The van der Waals surface area contributed by atoms with Crippen molar-refractivity contribution in [2.24, 2.45) is 7.05 Å². The number of nitro groups is 1. The van der Waals surface area contributed by atoms with Gasteiger partial charge in [-0.05, 0) is 17.1 Å². The third kappa shape index (κ3) is 2.02. The molecule has 0 unspecified atom stereocenters. The molecule has 0 fully saturated rings. The van der Waals surface area contributed by atoms with E-state index >= 15 is 0 Å².